The van der Waals surface area contributed by atoms with Crippen LogP contribution in [0.4, 0.5) is 4.79 Å². The maximum Gasteiger partial charge on any atom is 0.408 e. The number of carbonyl (C=O) groups is 3. The Kier molecular flexibility index (Phi) is 7.53. The van der Waals surface area contributed by atoms with Gasteiger partial charge in [-0.05, 0) is 51.7 Å². The van der Waals surface area contributed by atoms with Crippen molar-refractivity contribution in [2.45, 2.75) is 71.2 Å². The zero-order valence-corrected chi connectivity index (χ0v) is 19.1. The van der Waals surface area contributed by atoms with Crippen LogP contribution in [0.15, 0.2) is 30.7 Å². The van der Waals surface area contributed by atoms with Crippen molar-refractivity contribution in [1.29, 1.82) is 0 Å². The highest BCUT2D eigenvalue weighted by Gasteiger charge is 2.45. The van der Waals surface area contributed by atoms with E-state index in [2.05, 4.69) is 17.2 Å². The minimum Gasteiger partial charge on any atom is -0.496 e. The van der Waals surface area contributed by atoms with Gasteiger partial charge >= 0.3 is 12.1 Å². The summed E-state index contributed by atoms with van der Waals surface area (Å²) in [5.41, 5.74) is 0.439. The highest BCUT2D eigenvalue weighted by Crippen LogP contribution is 2.41. The van der Waals surface area contributed by atoms with Gasteiger partial charge in [-0.3, -0.25) is 14.6 Å². The van der Waals surface area contributed by atoms with E-state index in [9.17, 15) is 14.4 Å². The van der Waals surface area contributed by atoms with Gasteiger partial charge in [-0.15, -0.1) is 0 Å². The van der Waals surface area contributed by atoms with Crippen molar-refractivity contribution in [2.75, 3.05) is 6.54 Å². The van der Waals surface area contributed by atoms with Crippen LogP contribution in [0.3, 0.4) is 0 Å². The number of esters is 1. The summed E-state index contributed by atoms with van der Waals surface area (Å²) in [4.78, 5) is 41.6. The Bertz CT molecular complexity index is 861. The molecule has 1 aliphatic heterocycles. The molecule has 1 aromatic heterocycles. The number of alkyl carbamates (subject to hydrolysis) is 1. The Balaban J connectivity index is 1.63. The molecular weight excluding hydrogens is 412 g/mol. The number of fused-ring (bicyclic) bond motifs is 1. The van der Waals surface area contributed by atoms with Crippen molar-refractivity contribution in [3.8, 4) is 0 Å². The Morgan fingerprint density at radius 2 is 2.03 bits per heavy atom. The number of Topliss-reactive ketones (excluding diaryl/α,β-unsaturated/α-hetero) is 1. The van der Waals surface area contributed by atoms with Gasteiger partial charge in [-0.25, -0.2) is 4.79 Å². The number of nitrogens with one attached hydrogen (secondary N) is 1. The van der Waals surface area contributed by atoms with Crippen LogP contribution in [0.1, 0.15) is 59.1 Å². The Morgan fingerprint density at radius 1 is 1.25 bits per heavy atom. The molecule has 174 valence electrons. The topological polar surface area (TPSA) is 104 Å². The molecule has 0 aromatic carbocycles. The first-order valence-corrected chi connectivity index (χ1v) is 11.2. The van der Waals surface area contributed by atoms with Crippen LogP contribution in [0, 0.1) is 11.8 Å². The summed E-state index contributed by atoms with van der Waals surface area (Å²) in [6, 6.07) is 5.43. The molecular formula is C24H32N2O6. The first kappa shape index (κ1) is 23.8. The number of rotatable bonds is 6. The molecule has 0 saturated heterocycles. The highest BCUT2D eigenvalue weighted by atomic mass is 16.6. The number of ketones is 1. The second kappa shape index (κ2) is 10.1. The molecule has 0 spiro atoms. The lowest BCUT2D eigenvalue weighted by atomic mass is 9.72. The minimum atomic E-state index is -0.670. The van der Waals surface area contributed by atoms with Crippen LogP contribution < -0.4 is 5.32 Å². The summed E-state index contributed by atoms with van der Waals surface area (Å²) in [5.74, 6) is -0.754. The molecule has 3 rings (SSSR count). The van der Waals surface area contributed by atoms with Gasteiger partial charge in [0, 0.05) is 12.6 Å². The number of ether oxygens (including phenoxy) is 3. The molecule has 4 unspecified atom stereocenters. The van der Waals surface area contributed by atoms with Crippen LogP contribution in [-0.4, -0.2) is 47.2 Å². The molecule has 0 bridgehead atoms. The third-order valence-electron chi connectivity index (χ3n) is 5.62. The van der Waals surface area contributed by atoms with Gasteiger partial charge < -0.3 is 19.5 Å². The predicted octanol–water partition coefficient (Wildman–Crippen LogP) is 3.65. The van der Waals surface area contributed by atoms with E-state index < -0.39 is 17.7 Å². The van der Waals surface area contributed by atoms with Gasteiger partial charge in [0.2, 0.25) is 0 Å². The molecule has 1 amide bonds. The van der Waals surface area contributed by atoms with E-state index in [-0.39, 0.29) is 36.4 Å². The summed E-state index contributed by atoms with van der Waals surface area (Å²) in [5, 5.41) is 2.43. The van der Waals surface area contributed by atoms with Crippen LogP contribution >= 0.6 is 0 Å². The zero-order chi connectivity index (χ0) is 23.3. The standard InChI is InChI=1S/C24H32N2O6/c1-5-8-15-11-16-20(30-14-17(22(16)28)18-9-6-7-10-25-18)12-19(15)31-21(27)13-26-23(29)32-24(2,3)4/h6-7,9-10,14-16,19-20H,5,8,11-13H2,1-4H3,(H,26,29). The van der Waals surface area contributed by atoms with Crippen LogP contribution in [-0.2, 0) is 23.8 Å². The molecule has 1 saturated carbocycles. The van der Waals surface area contributed by atoms with Crippen molar-refractivity contribution >= 4 is 23.4 Å². The number of pyridine rings is 1. The fourth-order valence-corrected chi connectivity index (χ4v) is 4.25. The molecule has 0 radical (unpaired) electrons. The normalized spacial score (nSPS) is 25.1. The van der Waals surface area contributed by atoms with E-state index >= 15 is 0 Å². The lowest BCUT2D eigenvalue weighted by molar-refractivity contribution is -0.159. The third kappa shape index (κ3) is 6.08. The highest BCUT2D eigenvalue weighted by molar-refractivity contribution is 6.21. The molecule has 4 atom stereocenters. The van der Waals surface area contributed by atoms with E-state index in [0.717, 1.165) is 12.8 Å². The summed E-state index contributed by atoms with van der Waals surface area (Å²) in [6.45, 7) is 7.03. The number of hydrogen-bond acceptors (Lipinski definition) is 7. The summed E-state index contributed by atoms with van der Waals surface area (Å²) < 4.78 is 16.7. The van der Waals surface area contributed by atoms with Gasteiger partial charge in [0.15, 0.2) is 5.78 Å². The van der Waals surface area contributed by atoms with Gasteiger partial charge in [0.1, 0.15) is 24.4 Å². The minimum absolute atomic E-state index is 0.0254. The second-order valence-corrected chi connectivity index (χ2v) is 9.30. The van der Waals surface area contributed by atoms with E-state index in [1.807, 2.05) is 6.07 Å². The van der Waals surface area contributed by atoms with Crippen molar-refractivity contribution in [3.05, 3.63) is 36.4 Å². The lowest BCUT2D eigenvalue weighted by Gasteiger charge is -2.41. The number of nitrogens with zero attached hydrogens (tertiary/aromatic N) is 1. The van der Waals surface area contributed by atoms with E-state index in [0.29, 0.717) is 24.1 Å². The average Bonchev–Trinajstić information content (AvgIpc) is 2.73. The summed E-state index contributed by atoms with van der Waals surface area (Å²) in [7, 11) is 0. The van der Waals surface area contributed by atoms with Gasteiger partial charge in [0.25, 0.3) is 0 Å². The number of amides is 1. The van der Waals surface area contributed by atoms with Crippen molar-refractivity contribution in [2.24, 2.45) is 11.8 Å². The Morgan fingerprint density at radius 3 is 2.69 bits per heavy atom. The average molecular weight is 445 g/mol. The third-order valence-corrected chi connectivity index (χ3v) is 5.62. The molecule has 1 aromatic rings. The molecule has 2 heterocycles. The molecule has 1 aliphatic carbocycles. The molecule has 2 aliphatic rings. The van der Waals surface area contributed by atoms with Gasteiger partial charge in [-0.2, -0.15) is 0 Å². The molecule has 32 heavy (non-hydrogen) atoms. The maximum absolute atomic E-state index is 13.2. The molecule has 8 heteroatoms. The number of hydrogen-bond donors (Lipinski definition) is 1. The second-order valence-electron chi connectivity index (χ2n) is 9.30. The smallest absolute Gasteiger partial charge is 0.408 e. The van der Waals surface area contributed by atoms with Crippen molar-refractivity contribution in [1.82, 2.24) is 10.3 Å². The van der Waals surface area contributed by atoms with E-state index in [1.165, 1.54) is 6.26 Å². The van der Waals surface area contributed by atoms with E-state index in [1.54, 1.807) is 39.1 Å². The van der Waals surface area contributed by atoms with Gasteiger partial charge in [0.05, 0.1) is 23.4 Å². The number of aromatic nitrogens is 1. The molecule has 8 nitrogen and oxygen atoms in total. The zero-order valence-electron chi connectivity index (χ0n) is 19.1. The number of allylic oxidation sites excluding steroid dienone is 1. The van der Waals surface area contributed by atoms with Crippen LogP contribution in [0.25, 0.3) is 5.57 Å². The summed E-state index contributed by atoms with van der Waals surface area (Å²) >= 11 is 0. The molecule has 1 fully saturated rings. The van der Waals surface area contributed by atoms with Crippen LogP contribution in [0.2, 0.25) is 0 Å². The van der Waals surface area contributed by atoms with Crippen molar-refractivity contribution < 1.29 is 28.6 Å². The van der Waals surface area contributed by atoms with E-state index in [4.69, 9.17) is 14.2 Å². The largest absolute Gasteiger partial charge is 0.496 e. The van der Waals surface area contributed by atoms with Crippen LogP contribution in [0.5, 0.6) is 0 Å². The first-order valence-electron chi connectivity index (χ1n) is 11.2. The SMILES string of the molecule is CCCC1CC2C(=O)C(c3ccccn3)=COC2CC1OC(=O)CNC(=O)OC(C)(C)C. The first-order chi connectivity index (χ1) is 15.2. The lowest BCUT2D eigenvalue weighted by Crippen LogP contribution is -2.47. The molecule has 1 N–H and O–H groups in total. The summed E-state index contributed by atoms with van der Waals surface area (Å²) in [6.07, 6.45) is 4.50. The maximum atomic E-state index is 13.2. The fourth-order valence-electron chi connectivity index (χ4n) is 4.25. The fraction of sp³-hybridized carbons (Fsp3) is 0.583. The number of carbonyl (C=O) groups excluding carboxylic acids is 3. The van der Waals surface area contributed by atoms with Crippen molar-refractivity contribution in [3.63, 3.8) is 0 Å². The Hall–Kier alpha value is -2.90. The quantitative estimate of drug-likeness (QED) is 0.668. The Labute approximate surface area is 188 Å². The monoisotopic (exact) mass is 444 g/mol. The predicted molar refractivity (Wildman–Crippen MR) is 117 cm³/mol. The van der Waals surface area contributed by atoms with Gasteiger partial charge in [-0.1, -0.05) is 19.4 Å².